The van der Waals surface area contributed by atoms with Crippen molar-refractivity contribution in [2.75, 3.05) is 26.2 Å². The molecule has 2 amide bonds. The molecule has 1 N–H and O–H groups in total. The van der Waals surface area contributed by atoms with Gasteiger partial charge in [-0.15, -0.1) is 11.3 Å². The molecule has 0 saturated carbocycles. The molecule has 1 aliphatic rings. The molecule has 0 unspecified atom stereocenters. The Kier molecular flexibility index (Phi) is 6.42. The summed E-state index contributed by atoms with van der Waals surface area (Å²) >= 11 is 7.38. The van der Waals surface area contributed by atoms with E-state index in [2.05, 4.69) is 5.32 Å². The second kappa shape index (κ2) is 8.50. The Hall–Kier alpha value is -1.82. The van der Waals surface area contributed by atoms with Gasteiger partial charge >= 0.3 is 12.2 Å². The Bertz CT molecular complexity index is 974. The first-order chi connectivity index (χ1) is 13.6. The quantitative estimate of drug-likeness (QED) is 0.746. The van der Waals surface area contributed by atoms with E-state index in [1.54, 1.807) is 0 Å². The summed E-state index contributed by atoms with van der Waals surface area (Å²) in [5.74, 6) is 0. The van der Waals surface area contributed by atoms with Gasteiger partial charge in [0.25, 0.3) is 0 Å². The van der Waals surface area contributed by atoms with E-state index in [0.29, 0.717) is 12.6 Å². The molecule has 1 saturated heterocycles. The number of nitrogens with one attached hydrogen (secondary N) is 1. The summed E-state index contributed by atoms with van der Waals surface area (Å²) in [6, 6.07) is 5.62. The lowest BCUT2D eigenvalue weighted by Crippen LogP contribution is -2.53. The van der Waals surface area contributed by atoms with Crippen LogP contribution in [0.25, 0.3) is 0 Å². The molecule has 1 aromatic heterocycles. The van der Waals surface area contributed by atoms with Crippen molar-refractivity contribution in [3.63, 3.8) is 0 Å². The fourth-order valence-electron chi connectivity index (χ4n) is 2.84. The fourth-order valence-corrected chi connectivity index (χ4v) is 5.40. The van der Waals surface area contributed by atoms with E-state index < -0.39 is 26.7 Å². The van der Waals surface area contributed by atoms with E-state index in [-0.39, 0.29) is 37.2 Å². The zero-order valence-electron chi connectivity index (χ0n) is 14.9. The molecule has 29 heavy (non-hydrogen) atoms. The van der Waals surface area contributed by atoms with E-state index in [4.69, 9.17) is 11.6 Å². The Balaban J connectivity index is 1.66. The summed E-state index contributed by atoms with van der Waals surface area (Å²) in [6.45, 7) is 0.523. The molecular formula is C17H17ClF3N3O3S2. The highest BCUT2D eigenvalue weighted by Gasteiger charge is 2.35. The van der Waals surface area contributed by atoms with Crippen LogP contribution in [0.1, 0.15) is 10.4 Å². The largest absolute Gasteiger partial charge is 0.416 e. The van der Waals surface area contributed by atoms with Crippen LogP contribution in [-0.2, 0) is 22.7 Å². The molecule has 1 aromatic carbocycles. The van der Waals surface area contributed by atoms with Crippen LogP contribution in [0, 0.1) is 0 Å². The maximum absolute atomic E-state index is 12.9. The summed E-state index contributed by atoms with van der Waals surface area (Å²) in [5.41, 5.74) is -1.09. The number of thiophene rings is 1. The van der Waals surface area contributed by atoms with Crippen LogP contribution >= 0.6 is 22.9 Å². The second-order valence-electron chi connectivity index (χ2n) is 6.27. The zero-order chi connectivity index (χ0) is 21.2. The normalized spacial score (nSPS) is 16.1. The van der Waals surface area contributed by atoms with Gasteiger partial charge in [-0.25, -0.2) is 13.2 Å². The van der Waals surface area contributed by atoms with Gasteiger partial charge < -0.3 is 10.2 Å². The maximum atomic E-state index is 12.9. The summed E-state index contributed by atoms with van der Waals surface area (Å²) in [6.07, 6.45) is -4.69. The van der Waals surface area contributed by atoms with Crippen molar-refractivity contribution in [3.8, 4) is 0 Å². The van der Waals surface area contributed by atoms with E-state index >= 15 is 0 Å². The lowest BCUT2D eigenvalue weighted by atomic mass is 10.2. The van der Waals surface area contributed by atoms with Crippen molar-refractivity contribution in [2.24, 2.45) is 0 Å². The molecule has 158 valence electrons. The molecule has 6 nitrogen and oxygen atoms in total. The predicted molar refractivity (Wildman–Crippen MR) is 103 cm³/mol. The van der Waals surface area contributed by atoms with Crippen LogP contribution < -0.4 is 5.32 Å². The molecule has 1 fully saturated rings. The van der Waals surface area contributed by atoms with Crippen LogP contribution in [0.15, 0.2) is 40.6 Å². The molecule has 2 aromatic rings. The summed E-state index contributed by atoms with van der Waals surface area (Å²) in [5, 5.41) is 4.37. The Morgan fingerprint density at radius 3 is 2.45 bits per heavy atom. The van der Waals surface area contributed by atoms with Crippen LogP contribution in [0.2, 0.25) is 5.02 Å². The van der Waals surface area contributed by atoms with Crippen LogP contribution in [0.3, 0.4) is 0 Å². The SMILES string of the molecule is O=C(NCc1cccs1)N1CCN(S(=O)(=O)c2cc(C(F)(F)F)ccc2Cl)CC1. The lowest BCUT2D eigenvalue weighted by molar-refractivity contribution is -0.137. The highest BCUT2D eigenvalue weighted by Crippen LogP contribution is 2.34. The number of carbonyl (C=O) groups is 1. The van der Waals surface area contributed by atoms with Crippen molar-refractivity contribution in [3.05, 3.63) is 51.2 Å². The number of carbonyl (C=O) groups excluding carboxylic acids is 1. The number of nitrogens with zero attached hydrogens (tertiary/aromatic N) is 2. The third-order valence-corrected chi connectivity index (χ3v) is 7.65. The topological polar surface area (TPSA) is 69.7 Å². The molecule has 0 bridgehead atoms. The molecule has 12 heteroatoms. The van der Waals surface area contributed by atoms with Gasteiger partial charge in [0.05, 0.1) is 17.1 Å². The molecule has 1 aliphatic heterocycles. The number of rotatable bonds is 4. The van der Waals surface area contributed by atoms with Gasteiger partial charge in [-0.2, -0.15) is 17.5 Å². The van der Waals surface area contributed by atoms with Crippen molar-refractivity contribution >= 4 is 39.0 Å². The smallest absolute Gasteiger partial charge is 0.333 e. The minimum Gasteiger partial charge on any atom is -0.333 e. The molecular weight excluding hydrogens is 451 g/mol. The summed E-state index contributed by atoms with van der Waals surface area (Å²) in [7, 11) is -4.23. The molecule has 0 spiro atoms. The second-order valence-corrected chi connectivity index (χ2v) is 9.62. The third-order valence-electron chi connectivity index (χ3n) is 4.40. The number of piperazine rings is 1. The average Bonchev–Trinajstić information content (AvgIpc) is 3.19. The van der Waals surface area contributed by atoms with Crippen LogP contribution in [0.5, 0.6) is 0 Å². The fraction of sp³-hybridized carbons (Fsp3) is 0.353. The van der Waals surface area contributed by atoms with E-state index in [0.717, 1.165) is 21.3 Å². The van der Waals surface area contributed by atoms with E-state index in [1.165, 1.54) is 16.2 Å². The number of halogens is 4. The number of urea groups is 1. The van der Waals surface area contributed by atoms with Gasteiger partial charge in [0.2, 0.25) is 10.0 Å². The zero-order valence-corrected chi connectivity index (χ0v) is 17.3. The molecule has 2 heterocycles. The van der Waals surface area contributed by atoms with Gasteiger partial charge in [-0.05, 0) is 29.6 Å². The average molecular weight is 468 g/mol. The minimum absolute atomic E-state index is 0.0403. The number of alkyl halides is 3. The Morgan fingerprint density at radius 2 is 1.86 bits per heavy atom. The van der Waals surface area contributed by atoms with E-state index in [1.807, 2.05) is 17.5 Å². The lowest BCUT2D eigenvalue weighted by Gasteiger charge is -2.34. The molecule has 0 radical (unpaired) electrons. The first-order valence-electron chi connectivity index (χ1n) is 8.51. The number of hydrogen-bond donors (Lipinski definition) is 1. The van der Waals surface area contributed by atoms with Gasteiger partial charge in [0.1, 0.15) is 4.90 Å². The van der Waals surface area contributed by atoms with Gasteiger partial charge in [-0.3, -0.25) is 0 Å². The molecule has 0 atom stereocenters. The molecule has 0 aliphatic carbocycles. The van der Waals surface area contributed by atoms with Crippen molar-refractivity contribution in [1.29, 1.82) is 0 Å². The Morgan fingerprint density at radius 1 is 1.17 bits per heavy atom. The number of benzene rings is 1. The highest BCUT2D eigenvalue weighted by molar-refractivity contribution is 7.89. The maximum Gasteiger partial charge on any atom is 0.416 e. The highest BCUT2D eigenvalue weighted by atomic mass is 35.5. The number of hydrogen-bond acceptors (Lipinski definition) is 4. The summed E-state index contributed by atoms with van der Waals surface area (Å²) in [4.78, 5) is 14.1. The van der Waals surface area contributed by atoms with E-state index in [9.17, 15) is 26.4 Å². The van der Waals surface area contributed by atoms with Gasteiger partial charge in [0.15, 0.2) is 0 Å². The first kappa shape index (κ1) is 21.9. The standard InChI is InChI=1S/C17H17ClF3N3O3S2/c18-14-4-3-12(17(19,20)21)10-15(14)29(26,27)24-7-5-23(6-8-24)16(25)22-11-13-2-1-9-28-13/h1-4,9-10H,5-8,11H2,(H,22,25). The van der Waals surface area contributed by atoms with Crippen molar-refractivity contribution in [1.82, 2.24) is 14.5 Å². The summed E-state index contributed by atoms with van der Waals surface area (Å²) < 4.78 is 65.5. The molecule has 3 rings (SSSR count). The van der Waals surface area contributed by atoms with Crippen LogP contribution in [0.4, 0.5) is 18.0 Å². The van der Waals surface area contributed by atoms with Gasteiger partial charge in [0, 0.05) is 31.1 Å². The van der Waals surface area contributed by atoms with Crippen molar-refractivity contribution in [2.45, 2.75) is 17.6 Å². The first-order valence-corrected chi connectivity index (χ1v) is 11.2. The van der Waals surface area contributed by atoms with Gasteiger partial charge in [-0.1, -0.05) is 17.7 Å². The number of amides is 2. The third kappa shape index (κ3) is 5.03. The predicted octanol–water partition coefficient (Wildman–Crippen LogP) is 3.64. The van der Waals surface area contributed by atoms with Crippen LogP contribution in [-0.4, -0.2) is 49.8 Å². The Labute approximate surface area is 174 Å². The number of sulfonamides is 1. The monoisotopic (exact) mass is 467 g/mol. The van der Waals surface area contributed by atoms with Crippen molar-refractivity contribution < 1.29 is 26.4 Å². The minimum atomic E-state index is -4.69.